The molecule has 1 spiro atoms. The summed E-state index contributed by atoms with van der Waals surface area (Å²) in [6.07, 6.45) is -1.53. The van der Waals surface area contributed by atoms with Crippen LogP contribution in [0.4, 0.5) is 18.0 Å². The Bertz CT molecular complexity index is 495. The molecular weight excluding hydrogens is 303 g/mol. The molecule has 4 amide bonds. The summed E-state index contributed by atoms with van der Waals surface area (Å²) in [7, 11) is 0. The van der Waals surface area contributed by atoms with E-state index in [1.165, 1.54) is 0 Å². The summed E-state index contributed by atoms with van der Waals surface area (Å²) < 4.78 is 36.1. The molecule has 1 heterocycles. The smallest absolute Gasteiger partial charge is 0.345 e. The van der Waals surface area contributed by atoms with E-state index in [2.05, 4.69) is 5.32 Å². The van der Waals surface area contributed by atoms with E-state index in [1.807, 2.05) is 6.92 Å². The lowest BCUT2D eigenvalue weighted by Crippen LogP contribution is -2.54. The van der Waals surface area contributed by atoms with Crippen LogP contribution in [-0.4, -0.2) is 47.6 Å². The molecule has 2 aliphatic rings. The minimum Gasteiger partial charge on any atom is -0.345 e. The molecule has 0 bridgehead atoms. The number of hydrogen-bond acceptors (Lipinski definition) is 3. The normalized spacial score (nSPS) is 28.9. The van der Waals surface area contributed by atoms with Crippen molar-refractivity contribution in [2.24, 2.45) is 5.92 Å². The van der Waals surface area contributed by atoms with E-state index >= 15 is 0 Å². The van der Waals surface area contributed by atoms with Crippen molar-refractivity contribution in [3.05, 3.63) is 0 Å². The second kappa shape index (κ2) is 5.77. The first-order chi connectivity index (χ1) is 10.2. The summed E-state index contributed by atoms with van der Waals surface area (Å²) in [6.45, 7) is -0.336. The predicted molar refractivity (Wildman–Crippen MR) is 69.7 cm³/mol. The first-order valence-electron chi connectivity index (χ1n) is 7.13. The Labute approximate surface area is 125 Å². The van der Waals surface area contributed by atoms with Crippen molar-refractivity contribution in [3.63, 3.8) is 0 Å². The minimum absolute atomic E-state index is 0.0686. The highest BCUT2D eigenvalue weighted by Crippen LogP contribution is 2.38. The van der Waals surface area contributed by atoms with Crippen molar-refractivity contribution >= 4 is 17.8 Å². The van der Waals surface area contributed by atoms with Crippen molar-refractivity contribution in [1.82, 2.24) is 15.5 Å². The lowest BCUT2D eigenvalue weighted by Gasteiger charge is -2.36. The maximum absolute atomic E-state index is 12.5. The highest BCUT2D eigenvalue weighted by atomic mass is 19.4. The second-order valence-electron chi connectivity index (χ2n) is 5.83. The molecular formula is C13H18F3N3O3. The number of carbonyl (C=O) groups excluding carboxylic acids is 3. The molecule has 0 unspecified atom stereocenters. The zero-order chi connectivity index (χ0) is 16.5. The molecule has 1 aliphatic heterocycles. The van der Waals surface area contributed by atoms with Crippen LogP contribution in [-0.2, 0) is 9.59 Å². The third kappa shape index (κ3) is 3.17. The molecule has 2 N–H and O–H groups in total. The molecule has 2 fully saturated rings. The molecule has 9 heteroatoms. The quantitative estimate of drug-likeness (QED) is 0.766. The van der Waals surface area contributed by atoms with Gasteiger partial charge in [-0.2, -0.15) is 13.2 Å². The molecule has 6 nitrogen and oxygen atoms in total. The van der Waals surface area contributed by atoms with Crippen LogP contribution in [0.25, 0.3) is 0 Å². The van der Waals surface area contributed by atoms with Gasteiger partial charge in [-0.1, -0.05) is 19.8 Å². The first kappa shape index (κ1) is 16.6. The number of halogens is 3. The van der Waals surface area contributed by atoms with Crippen LogP contribution < -0.4 is 10.6 Å². The Kier molecular flexibility index (Phi) is 4.35. The maximum Gasteiger partial charge on any atom is 0.405 e. The van der Waals surface area contributed by atoms with Gasteiger partial charge in [0, 0.05) is 0 Å². The Hall–Kier alpha value is -1.80. The second-order valence-corrected chi connectivity index (χ2v) is 5.83. The molecule has 2 rings (SSSR count). The average molecular weight is 321 g/mol. The molecule has 1 saturated carbocycles. The lowest BCUT2D eigenvalue weighted by molar-refractivity contribution is -0.142. The third-order valence-corrected chi connectivity index (χ3v) is 4.29. The number of amides is 4. The molecule has 1 aliphatic carbocycles. The molecule has 0 aromatic carbocycles. The Balaban J connectivity index is 2.02. The number of nitrogens with one attached hydrogen (secondary N) is 2. The van der Waals surface area contributed by atoms with Gasteiger partial charge in [0.05, 0.1) is 0 Å². The largest absolute Gasteiger partial charge is 0.405 e. The van der Waals surface area contributed by atoms with E-state index in [9.17, 15) is 27.6 Å². The number of alkyl halides is 3. The molecule has 2 atom stereocenters. The van der Waals surface area contributed by atoms with Crippen LogP contribution >= 0.6 is 0 Å². The SMILES string of the molecule is C[C@@H]1CCCC[C@]12NC(=O)N(CC(=O)NCC(F)(F)F)C2=O. The van der Waals surface area contributed by atoms with E-state index in [4.69, 9.17) is 0 Å². The zero-order valence-corrected chi connectivity index (χ0v) is 12.1. The third-order valence-electron chi connectivity index (χ3n) is 4.29. The van der Waals surface area contributed by atoms with Crippen LogP contribution in [0.15, 0.2) is 0 Å². The summed E-state index contributed by atoms with van der Waals surface area (Å²) in [5.74, 6) is -1.60. The topological polar surface area (TPSA) is 78.5 Å². The van der Waals surface area contributed by atoms with Gasteiger partial charge < -0.3 is 10.6 Å². The van der Waals surface area contributed by atoms with Gasteiger partial charge in [0.2, 0.25) is 5.91 Å². The van der Waals surface area contributed by atoms with Gasteiger partial charge >= 0.3 is 12.2 Å². The van der Waals surface area contributed by atoms with Gasteiger partial charge in [-0.25, -0.2) is 4.79 Å². The number of carbonyl (C=O) groups is 3. The molecule has 22 heavy (non-hydrogen) atoms. The Morgan fingerprint density at radius 1 is 1.41 bits per heavy atom. The van der Waals surface area contributed by atoms with Crippen molar-refractivity contribution < 1.29 is 27.6 Å². The van der Waals surface area contributed by atoms with Crippen molar-refractivity contribution in [2.45, 2.75) is 44.3 Å². The van der Waals surface area contributed by atoms with E-state index in [0.29, 0.717) is 11.3 Å². The van der Waals surface area contributed by atoms with Crippen LogP contribution in [0.2, 0.25) is 0 Å². The van der Waals surface area contributed by atoms with Gasteiger partial charge in [-0.3, -0.25) is 14.5 Å². The van der Waals surface area contributed by atoms with Gasteiger partial charge in [0.25, 0.3) is 5.91 Å². The predicted octanol–water partition coefficient (Wildman–Crippen LogP) is 1.17. The summed E-state index contributed by atoms with van der Waals surface area (Å²) in [5.41, 5.74) is -1.01. The number of nitrogens with zero attached hydrogens (tertiary/aromatic N) is 1. The number of imide groups is 1. The highest BCUT2D eigenvalue weighted by molar-refractivity contribution is 6.09. The Morgan fingerprint density at radius 3 is 2.68 bits per heavy atom. The lowest BCUT2D eigenvalue weighted by atomic mass is 9.73. The standard InChI is InChI=1S/C13H18F3N3O3/c1-8-4-2-3-5-12(8)10(21)19(11(22)18-12)6-9(20)17-7-13(14,15)16/h8H,2-7H2,1H3,(H,17,20)(H,18,22)/t8-,12+/m1/s1. The number of hydrogen-bond donors (Lipinski definition) is 2. The van der Waals surface area contributed by atoms with E-state index < -0.39 is 42.7 Å². The van der Waals surface area contributed by atoms with Gasteiger partial charge in [-0.05, 0) is 18.8 Å². The first-order valence-corrected chi connectivity index (χ1v) is 7.13. The van der Waals surface area contributed by atoms with Gasteiger partial charge in [-0.15, -0.1) is 0 Å². The Morgan fingerprint density at radius 2 is 2.09 bits per heavy atom. The molecule has 0 aromatic heterocycles. The fourth-order valence-corrected chi connectivity index (χ4v) is 3.04. The van der Waals surface area contributed by atoms with Crippen LogP contribution in [0.3, 0.4) is 0 Å². The highest BCUT2D eigenvalue weighted by Gasteiger charge is 2.55. The zero-order valence-electron chi connectivity index (χ0n) is 12.1. The molecule has 124 valence electrons. The molecule has 0 aromatic rings. The number of urea groups is 1. The fourth-order valence-electron chi connectivity index (χ4n) is 3.04. The van der Waals surface area contributed by atoms with E-state index in [1.54, 1.807) is 5.32 Å². The summed E-state index contributed by atoms with van der Waals surface area (Å²) >= 11 is 0. The van der Waals surface area contributed by atoms with Crippen molar-refractivity contribution in [1.29, 1.82) is 0 Å². The minimum atomic E-state index is -4.54. The van der Waals surface area contributed by atoms with Crippen molar-refractivity contribution in [2.75, 3.05) is 13.1 Å². The van der Waals surface area contributed by atoms with E-state index in [-0.39, 0.29) is 5.92 Å². The van der Waals surface area contributed by atoms with Crippen molar-refractivity contribution in [3.8, 4) is 0 Å². The van der Waals surface area contributed by atoms with Crippen LogP contribution in [0, 0.1) is 5.92 Å². The summed E-state index contributed by atoms with van der Waals surface area (Å²) in [6, 6.07) is -0.721. The van der Waals surface area contributed by atoms with E-state index in [0.717, 1.165) is 19.3 Å². The average Bonchev–Trinajstić information content (AvgIpc) is 2.65. The maximum atomic E-state index is 12.5. The van der Waals surface area contributed by atoms with Gasteiger partial charge in [0.1, 0.15) is 18.6 Å². The van der Waals surface area contributed by atoms with Crippen LogP contribution in [0.5, 0.6) is 0 Å². The summed E-state index contributed by atoms with van der Waals surface area (Å²) in [5, 5.41) is 4.29. The van der Waals surface area contributed by atoms with Gasteiger partial charge in [0.15, 0.2) is 0 Å². The molecule has 0 radical (unpaired) electrons. The monoisotopic (exact) mass is 321 g/mol. The number of rotatable bonds is 3. The fraction of sp³-hybridized carbons (Fsp3) is 0.769. The molecule has 1 saturated heterocycles. The van der Waals surface area contributed by atoms with Crippen LogP contribution in [0.1, 0.15) is 32.6 Å². The summed E-state index contributed by atoms with van der Waals surface area (Å²) in [4.78, 5) is 36.6.